The van der Waals surface area contributed by atoms with E-state index in [4.69, 9.17) is 9.47 Å². The Hall–Kier alpha value is -3.43. The number of imide groups is 2. The largest absolute Gasteiger partial charge is 0.496 e. The Kier molecular flexibility index (Phi) is 6.57. The van der Waals surface area contributed by atoms with E-state index in [9.17, 15) is 24.0 Å². The molecule has 0 unspecified atom stereocenters. The zero-order chi connectivity index (χ0) is 22.6. The van der Waals surface area contributed by atoms with Gasteiger partial charge in [-0.3, -0.25) is 29.4 Å². The summed E-state index contributed by atoms with van der Waals surface area (Å²) in [6, 6.07) is 5.68. The van der Waals surface area contributed by atoms with Crippen molar-refractivity contribution in [3.8, 4) is 5.75 Å². The average Bonchev–Trinajstić information content (AvgIpc) is 2.99. The highest BCUT2D eigenvalue weighted by Crippen LogP contribution is 2.38. The first-order valence-corrected chi connectivity index (χ1v) is 10.1. The second kappa shape index (κ2) is 9.15. The Bertz CT molecular complexity index is 916. The van der Waals surface area contributed by atoms with Crippen LogP contribution in [0.4, 0.5) is 4.79 Å². The van der Waals surface area contributed by atoms with Crippen LogP contribution in [0.2, 0.25) is 0 Å². The lowest BCUT2D eigenvalue weighted by molar-refractivity contribution is -0.151. The quantitative estimate of drug-likeness (QED) is 0.507. The number of urea groups is 1. The molecular weight excluding hydrogens is 406 g/mol. The molecule has 2 aliphatic rings. The standard InChI is InChI=1S/C21H25N3O7/c1-13-7-5-6-10-21(13)19(28)24(20(29)23-21)11-17(26)31-12-16(25)22-18(27)14-8-3-4-9-15(14)30-2/h3-4,8-9,13H,5-7,10-12H2,1-2H3,(H,23,29)(H,22,25,27)/t13-,21-/m1/s1. The summed E-state index contributed by atoms with van der Waals surface area (Å²) in [6.45, 7) is 0.569. The van der Waals surface area contributed by atoms with Crippen molar-refractivity contribution >= 4 is 29.7 Å². The van der Waals surface area contributed by atoms with Gasteiger partial charge in [0.25, 0.3) is 17.7 Å². The lowest BCUT2D eigenvalue weighted by atomic mass is 9.73. The number of methoxy groups -OCH3 is 1. The maximum atomic E-state index is 12.8. The first-order chi connectivity index (χ1) is 14.8. The van der Waals surface area contributed by atoms with Gasteiger partial charge in [0, 0.05) is 0 Å². The number of hydrogen-bond donors (Lipinski definition) is 2. The zero-order valence-corrected chi connectivity index (χ0v) is 17.4. The van der Waals surface area contributed by atoms with Crippen LogP contribution in [0.3, 0.4) is 0 Å². The van der Waals surface area contributed by atoms with Gasteiger partial charge in [-0.25, -0.2) is 4.79 Å². The molecule has 0 radical (unpaired) electrons. The molecule has 1 spiro atoms. The fourth-order valence-electron chi connectivity index (χ4n) is 4.02. The van der Waals surface area contributed by atoms with Crippen LogP contribution in [0.5, 0.6) is 5.75 Å². The lowest BCUT2D eigenvalue weighted by Crippen LogP contribution is -2.54. The van der Waals surface area contributed by atoms with Crippen molar-refractivity contribution in [2.45, 2.75) is 38.1 Å². The summed E-state index contributed by atoms with van der Waals surface area (Å²) in [6.07, 6.45) is 3.13. The minimum Gasteiger partial charge on any atom is -0.496 e. The van der Waals surface area contributed by atoms with E-state index in [2.05, 4.69) is 10.6 Å². The molecule has 1 aliphatic heterocycles. The summed E-state index contributed by atoms with van der Waals surface area (Å²) in [5.74, 6) is -2.68. The van der Waals surface area contributed by atoms with Crippen LogP contribution < -0.4 is 15.4 Å². The predicted octanol–water partition coefficient (Wildman–Crippen LogP) is 0.995. The van der Waals surface area contributed by atoms with Gasteiger partial charge in [-0.1, -0.05) is 31.9 Å². The molecule has 10 heteroatoms. The highest BCUT2D eigenvalue weighted by molar-refractivity contribution is 6.09. The number of esters is 1. The molecule has 2 N–H and O–H groups in total. The Morgan fingerprint density at radius 1 is 1.23 bits per heavy atom. The van der Waals surface area contributed by atoms with E-state index in [1.807, 2.05) is 6.92 Å². The summed E-state index contributed by atoms with van der Waals surface area (Å²) in [5, 5.41) is 4.83. The minimum atomic E-state index is -0.978. The second-order valence-electron chi connectivity index (χ2n) is 7.68. The monoisotopic (exact) mass is 431 g/mol. The van der Waals surface area contributed by atoms with Crippen LogP contribution in [-0.4, -0.2) is 60.4 Å². The number of rotatable bonds is 6. The van der Waals surface area contributed by atoms with Gasteiger partial charge in [0.1, 0.15) is 17.8 Å². The van der Waals surface area contributed by atoms with E-state index in [1.54, 1.807) is 18.2 Å². The zero-order valence-electron chi connectivity index (χ0n) is 17.4. The minimum absolute atomic E-state index is 0.0366. The summed E-state index contributed by atoms with van der Waals surface area (Å²) in [5.41, 5.74) is -0.829. The van der Waals surface area contributed by atoms with Crippen LogP contribution in [-0.2, 0) is 19.1 Å². The van der Waals surface area contributed by atoms with Crippen LogP contribution in [0.1, 0.15) is 43.0 Å². The van der Waals surface area contributed by atoms with Gasteiger partial charge >= 0.3 is 12.0 Å². The van der Waals surface area contributed by atoms with Crippen molar-refractivity contribution in [2.24, 2.45) is 5.92 Å². The molecule has 1 saturated carbocycles. The molecule has 2 fully saturated rings. The predicted molar refractivity (Wildman–Crippen MR) is 107 cm³/mol. The van der Waals surface area contributed by atoms with Gasteiger partial charge in [-0.05, 0) is 30.9 Å². The highest BCUT2D eigenvalue weighted by Gasteiger charge is 2.55. The van der Waals surface area contributed by atoms with E-state index in [1.165, 1.54) is 13.2 Å². The molecule has 31 heavy (non-hydrogen) atoms. The number of nitrogens with zero attached hydrogens (tertiary/aromatic N) is 1. The first kappa shape index (κ1) is 22.3. The molecule has 1 aromatic rings. The Labute approximate surface area is 179 Å². The molecule has 166 valence electrons. The number of ether oxygens (including phenoxy) is 2. The Morgan fingerprint density at radius 3 is 2.68 bits per heavy atom. The molecule has 5 amide bonds. The van der Waals surface area contributed by atoms with Crippen molar-refractivity contribution in [3.63, 3.8) is 0 Å². The number of hydrogen-bond acceptors (Lipinski definition) is 7. The maximum absolute atomic E-state index is 12.8. The van der Waals surface area contributed by atoms with Crippen molar-refractivity contribution in [1.29, 1.82) is 0 Å². The summed E-state index contributed by atoms with van der Waals surface area (Å²) < 4.78 is 9.91. The molecule has 0 aromatic heterocycles. The van der Waals surface area contributed by atoms with Crippen LogP contribution in [0.25, 0.3) is 0 Å². The molecular formula is C21H25N3O7. The Balaban J connectivity index is 1.52. The normalized spacial score (nSPS) is 22.8. The number of benzene rings is 1. The maximum Gasteiger partial charge on any atom is 0.326 e. The van der Waals surface area contributed by atoms with E-state index in [-0.39, 0.29) is 17.2 Å². The smallest absolute Gasteiger partial charge is 0.326 e. The summed E-state index contributed by atoms with van der Waals surface area (Å²) in [4.78, 5) is 62.2. The molecule has 3 rings (SSSR count). The first-order valence-electron chi connectivity index (χ1n) is 10.1. The summed E-state index contributed by atoms with van der Waals surface area (Å²) >= 11 is 0. The molecule has 1 heterocycles. The third kappa shape index (κ3) is 4.52. The van der Waals surface area contributed by atoms with Crippen molar-refractivity contribution < 1.29 is 33.4 Å². The van der Waals surface area contributed by atoms with Crippen LogP contribution in [0.15, 0.2) is 24.3 Å². The highest BCUT2D eigenvalue weighted by atomic mass is 16.5. The average molecular weight is 431 g/mol. The number of amides is 5. The molecule has 1 aliphatic carbocycles. The fourth-order valence-corrected chi connectivity index (χ4v) is 4.02. The molecule has 2 atom stereocenters. The van der Waals surface area contributed by atoms with Crippen molar-refractivity contribution in [3.05, 3.63) is 29.8 Å². The topological polar surface area (TPSA) is 131 Å². The van der Waals surface area contributed by atoms with Gasteiger partial charge in [0.05, 0.1) is 12.7 Å². The lowest BCUT2D eigenvalue weighted by Gasteiger charge is -2.36. The Morgan fingerprint density at radius 2 is 1.97 bits per heavy atom. The summed E-state index contributed by atoms with van der Waals surface area (Å²) in [7, 11) is 1.39. The fraction of sp³-hybridized carbons (Fsp3) is 0.476. The SMILES string of the molecule is COc1ccccc1C(=O)NC(=O)COC(=O)CN1C(=O)N[C@@]2(CCCC[C@H]2C)C1=O. The molecule has 1 aromatic carbocycles. The number of para-hydroxylation sites is 1. The van der Waals surface area contributed by atoms with E-state index in [0.29, 0.717) is 6.42 Å². The van der Waals surface area contributed by atoms with E-state index in [0.717, 1.165) is 24.2 Å². The molecule has 1 saturated heterocycles. The number of nitrogens with one attached hydrogen (secondary N) is 2. The van der Waals surface area contributed by atoms with Crippen LogP contribution >= 0.6 is 0 Å². The van der Waals surface area contributed by atoms with Gasteiger partial charge in [0.2, 0.25) is 0 Å². The number of carbonyl (C=O) groups excluding carboxylic acids is 5. The third-order valence-electron chi connectivity index (χ3n) is 5.76. The van der Waals surface area contributed by atoms with E-state index >= 15 is 0 Å². The van der Waals surface area contributed by atoms with Crippen molar-refractivity contribution in [1.82, 2.24) is 15.5 Å². The molecule has 0 bridgehead atoms. The third-order valence-corrected chi connectivity index (χ3v) is 5.76. The number of carbonyl (C=O) groups is 5. The van der Waals surface area contributed by atoms with Gasteiger partial charge < -0.3 is 14.8 Å². The van der Waals surface area contributed by atoms with E-state index < -0.39 is 48.4 Å². The van der Waals surface area contributed by atoms with Gasteiger partial charge in [-0.15, -0.1) is 0 Å². The van der Waals surface area contributed by atoms with Crippen LogP contribution in [0, 0.1) is 5.92 Å². The van der Waals surface area contributed by atoms with Gasteiger partial charge in [-0.2, -0.15) is 0 Å². The second-order valence-corrected chi connectivity index (χ2v) is 7.68. The molecule has 10 nitrogen and oxygen atoms in total. The van der Waals surface area contributed by atoms with Gasteiger partial charge in [0.15, 0.2) is 6.61 Å². The van der Waals surface area contributed by atoms with Crippen molar-refractivity contribution in [2.75, 3.05) is 20.3 Å².